The predicted octanol–water partition coefficient (Wildman–Crippen LogP) is 2.98. The Hall–Kier alpha value is -0.670. The fraction of sp³-hybridized carbons (Fsp3) is 0.538. The molecule has 88 valence electrons. The fourth-order valence-corrected chi connectivity index (χ4v) is 3.18. The van der Waals surface area contributed by atoms with E-state index in [1.54, 1.807) is 7.11 Å². The van der Waals surface area contributed by atoms with Crippen LogP contribution >= 0.6 is 11.8 Å². The molecule has 1 unspecified atom stereocenters. The van der Waals surface area contributed by atoms with Crippen LogP contribution in [0.4, 0.5) is 0 Å². The van der Waals surface area contributed by atoms with Gasteiger partial charge in [-0.2, -0.15) is 11.8 Å². The minimum Gasteiger partial charge on any atom is -0.497 e. The Kier molecular flexibility index (Phi) is 4.13. The van der Waals surface area contributed by atoms with E-state index in [4.69, 9.17) is 4.74 Å². The Morgan fingerprint density at radius 3 is 3.12 bits per heavy atom. The van der Waals surface area contributed by atoms with Crippen molar-refractivity contribution in [2.45, 2.75) is 25.1 Å². The summed E-state index contributed by atoms with van der Waals surface area (Å²) in [5.74, 6) is 3.32. The number of nitrogens with one attached hydrogen (secondary N) is 1. The number of benzene rings is 1. The van der Waals surface area contributed by atoms with Crippen LogP contribution in [-0.4, -0.2) is 19.4 Å². The Bertz CT molecular complexity index is 354. The first-order valence-corrected chi connectivity index (χ1v) is 6.98. The third-order valence-corrected chi connectivity index (χ3v) is 4.03. The number of ether oxygens (including phenoxy) is 1. The highest BCUT2D eigenvalue weighted by molar-refractivity contribution is 7.98. The quantitative estimate of drug-likeness (QED) is 0.873. The number of thioether (sulfide) groups is 1. The van der Waals surface area contributed by atoms with Gasteiger partial charge in [0.1, 0.15) is 5.75 Å². The van der Waals surface area contributed by atoms with Crippen LogP contribution in [0.2, 0.25) is 0 Å². The molecule has 2 nitrogen and oxygen atoms in total. The molecule has 1 heterocycles. The summed E-state index contributed by atoms with van der Waals surface area (Å²) in [6.07, 6.45) is 1.21. The molecule has 16 heavy (non-hydrogen) atoms. The number of hydrogen-bond donors (Lipinski definition) is 1. The van der Waals surface area contributed by atoms with E-state index in [-0.39, 0.29) is 0 Å². The molecular formula is C13H19NOS. The topological polar surface area (TPSA) is 21.3 Å². The average Bonchev–Trinajstić information content (AvgIpc) is 2.52. The van der Waals surface area contributed by atoms with Crippen LogP contribution in [0.3, 0.4) is 0 Å². The van der Waals surface area contributed by atoms with Crippen LogP contribution in [0.15, 0.2) is 18.2 Å². The predicted molar refractivity (Wildman–Crippen MR) is 70.2 cm³/mol. The largest absolute Gasteiger partial charge is 0.497 e. The molecule has 0 radical (unpaired) electrons. The fourth-order valence-electron chi connectivity index (χ4n) is 2.15. The normalized spacial score (nSPS) is 20.0. The molecule has 0 saturated carbocycles. The summed E-state index contributed by atoms with van der Waals surface area (Å²) in [4.78, 5) is 0. The van der Waals surface area contributed by atoms with E-state index in [1.807, 2.05) is 11.8 Å². The maximum Gasteiger partial charge on any atom is 0.119 e. The number of fused-ring (bicyclic) bond motifs is 1. The Morgan fingerprint density at radius 2 is 2.38 bits per heavy atom. The van der Waals surface area contributed by atoms with Crippen molar-refractivity contribution in [2.75, 3.05) is 19.4 Å². The maximum absolute atomic E-state index is 5.31. The minimum atomic E-state index is 0.491. The summed E-state index contributed by atoms with van der Waals surface area (Å²) in [6.45, 7) is 3.18. The number of methoxy groups -OCH3 is 1. The van der Waals surface area contributed by atoms with Gasteiger partial charge in [0.05, 0.1) is 7.11 Å². The molecule has 2 rings (SSSR count). The van der Waals surface area contributed by atoms with Gasteiger partial charge in [-0.15, -0.1) is 0 Å². The van der Waals surface area contributed by atoms with E-state index in [2.05, 4.69) is 30.4 Å². The monoisotopic (exact) mass is 237 g/mol. The Balaban J connectivity index is 2.33. The van der Waals surface area contributed by atoms with E-state index in [0.717, 1.165) is 18.0 Å². The van der Waals surface area contributed by atoms with Crippen molar-refractivity contribution in [1.29, 1.82) is 0 Å². The number of hydrogen-bond acceptors (Lipinski definition) is 3. The van der Waals surface area contributed by atoms with Crippen molar-refractivity contribution in [2.24, 2.45) is 0 Å². The van der Waals surface area contributed by atoms with Gasteiger partial charge in [0.25, 0.3) is 0 Å². The van der Waals surface area contributed by atoms with Crippen molar-refractivity contribution in [1.82, 2.24) is 5.32 Å². The molecule has 0 bridgehead atoms. The van der Waals surface area contributed by atoms with Gasteiger partial charge in [0.15, 0.2) is 0 Å². The Morgan fingerprint density at radius 1 is 1.50 bits per heavy atom. The zero-order valence-corrected chi connectivity index (χ0v) is 10.8. The van der Waals surface area contributed by atoms with Gasteiger partial charge < -0.3 is 10.1 Å². The van der Waals surface area contributed by atoms with E-state index >= 15 is 0 Å². The highest BCUT2D eigenvalue weighted by atomic mass is 32.2. The molecule has 1 aromatic carbocycles. The summed E-state index contributed by atoms with van der Waals surface area (Å²) >= 11 is 2.02. The van der Waals surface area contributed by atoms with E-state index in [0.29, 0.717) is 6.04 Å². The summed E-state index contributed by atoms with van der Waals surface area (Å²) in [7, 11) is 1.73. The molecule has 0 amide bonds. The smallest absolute Gasteiger partial charge is 0.119 e. The number of rotatable bonds is 3. The standard InChI is InChI=1S/C13H19NOS/c1-3-14-13-6-7-16-9-10-4-5-11(15-2)8-12(10)13/h4-5,8,13-14H,3,6-7,9H2,1-2H3. The van der Waals surface area contributed by atoms with E-state index in [1.165, 1.54) is 23.3 Å². The molecular weight excluding hydrogens is 218 g/mol. The molecule has 1 aromatic rings. The molecule has 3 heteroatoms. The van der Waals surface area contributed by atoms with Crippen molar-refractivity contribution in [3.05, 3.63) is 29.3 Å². The van der Waals surface area contributed by atoms with Gasteiger partial charge in [-0.25, -0.2) is 0 Å². The molecule has 1 aliphatic heterocycles. The van der Waals surface area contributed by atoms with Crippen LogP contribution in [-0.2, 0) is 5.75 Å². The SMILES string of the molecule is CCNC1CCSCc2ccc(OC)cc21. The third kappa shape index (κ3) is 2.53. The highest BCUT2D eigenvalue weighted by Crippen LogP contribution is 2.32. The molecule has 0 fully saturated rings. The van der Waals surface area contributed by atoms with Crippen LogP contribution in [0.5, 0.6) is 5.75 Å². The third-order valence-electron chi connectivity index (χ3n) is 2.99. The van der Waals surface area contributed by atoms with Crippen LogP contribution in [0, 0.1) is 0 Å². The second kappa shape index (κ2) is 5.60. The van der Waals surface area contributed by atoms with Gasteiger partial charge in [-0.1, -0.05) is 13.0 Å². The summed E-state index contributed by atoms with van der Waals surface area (Å²) < 4.78 is 5.31. The van der Waals surface area contributed by atoms with Crippen LogP contribution in [0.1, 0.15) is 30.5 Å². The Labute approximate surface area is 102 Å². The highest BCUT2D eigenvalue weighted by Gasteiger charge is 2.18. The van der Waals surface area contributed by atoms with Crippen molar-refractivity contribution in [3.63, 3.8) is 0 Å². The lowest BCUT2D eigenvalue weighted by molar-refractivity contribution is 0.412. The van der Waals surface area contributed by atoms with Crippen molar-refractivity contribution in [3.8, 4) is 5.75 Å². The molecule has 0 spiro atoms. The van der Waals surface area contributed by atoms with Crippen molar-refractivity contribution >= 4 is 11.8 Å². The molecule has 1 atom stereocenters. The summed E-state index contributed by atoms with van der Waals surface area (Å²) in [5, 5.41) is 3.56. The second-order valence-corrected chi connectivity index (χ2v) is 5.12. The van der Waals surface area contributed by atoms with Crippen LogP contribution in [0.25, 0.3) is 0 Å². The van der Waals surface area contributed by atoms with Crippen LogP contribution < -0.4 is 10.1 Å². The van der Waals surface area contributed by atoms with Gasteiger partial charge in [-0.3, -0.25) is 0 Å². The lowest BCUT2D eigenvalue weighted by Crippen LogP contribution is -2.21. The first-order valence-electron chi connectivity index (χ1n) is 5.83. The molecule has 1 aliphatic rings. The minimum absolute atomic E-state index is 0.491. The zero-order valence-electron chi connectivity index (χ0n) is 9.95. The van der Waals surface area contributed by atoms with Gasteiger partial charge in [0.2, 0.25) is 0 Å². The lowest BCUT2D eigenvalue weighted by Gasteiger charge is -2.18. The average molecular weight is 237 g/mol. The molecule has 0 aromatic heterocycles. The summed E-state index contributed by atoms with van der Waals surface area (Å²) in [6, 6.07) is 6.95. The molecule has 0 aliphatic carbocycles. The molecule has 0 saturated heterocycles. The lowest BCUT2D eigenvalue weighted by atomic mass is 9.99. The van der Waals surface area contributed by atoms with Gasteiger partial charge in [-0.05, 0) is 42.0 Å². The maximum atomic E-state index is 5.31. The van der Waals surface area contributed by atoms with Crippen molar-refractivity contribution < 1.29 is 4.74 Å². The first kappa shape index (κ1) is 11.8. The van der Waals surface area contributed by atoms with Gasteiger partial charge >= 0.3 is 0 Å². The second-order valence-electron chi connectivity index (χ2n) is 4.02. The van der Waals surface area contributed by atoms with E-state index < -0.39 is 0 Å². The molecule has 1 N–H and O–H groups in total. The first-order chi connectivity index (χ1) is 7.85. The zero-order chi connectivity index (χ0) is 11.4. The van der Waals surface area contributed by atoms with E-state index in [9.17, 15) is 0 Å². The van der Waals surface area contributed by atoms with Gasteiger partial charge in [0, 0.05) is 11.8 Å². The summed E-state index contributed by atoms with van der Waals surface area (Å²) in [5.41, 5.74) is 2.88.